The Morgan fingerprint density at radius 1 is 1.39 bits per heavy atom. The van der Waals surface area contributed by atoms with Gasteiger partial charge in [0.25, 0.3) is 5.91 Å². The number of hydrogen-bond acceptors (Lipinski definition) is 4. The lowest BCUT2D eigenvalue weighted by Crippen LogP contribution is -2.11. The molecule has 0 saturated carbocycles. The number of amides is 1. The second-order valence-corrected chi connectivity index (χ2v) is 5.10. The fraction of sp³-hybridized carbons (Fsp3) is 0.0833. The third-order valence-corrected chi connectivity index (χ3v) is 3.35. The summed E-state index contributed by atoms with van der Waals surface area (Å²) in [6.45, 7) is 1.95. The first-order valence-corrected chi connectivity index (χ1v) is 6.21. The number of thiazole rings is 1. The Kier molecular flexibility index (Phi) is 2.56. The fourth-order valence-corrected chi connectivity index (χ4v) is 2.32. The zero-order valence-electron chi connectivity index (χ0n) is 9.60. The number of aromatic nitrogens is 3. The van der Waals surface area contributed by atoms with Gasteiger partial charge in [0.2, 0.25) is 0 Å². The van der Waals surface area contributed by atoms with Crippen LogP contribution in [-0.4, -0.2) is 20.9 Å². The average Bonchev–Trinajstić information content (AvgIpc) is 2.96. The normalized spacial score (nSPS) is 10.7. The summed E-state index contributed by atoms with van der Waals surface area (Å²) in [5.74, 6) is -0.166. The molecule has 0 unspecified atom stereocenters. The van der Waals surface area contributed by atoms with Crippen LogP contribution in [0.1, 0.15) is 15.2 Å². The number of benzene rings is 1. The summed E-state index contributed by atoms with van der Waals surface area (Å²) in [6, 6.07) is 5.34. The molecule has 5 nitrogen and oxygen atoms in total. The van der Waals surface area contributed by atoms with E-state index in [0.29, 0.717) is 10.7 Å². The average molecular weight is 258 g/mol. The van der Waals surface area contributed by atoms with Crippen LogP contribution in [0, 0.1) is 6.92 Å². The Morgan fingerprint density at radius 2 is 2.28 bits per heavy atom. The Morgan fingerprint density at radius 3 is 3.06 bits per heavy atom. The molecule has 0 aliphatic rings. The predicted octanol–water partition coefficient (Wildman–Crippen LogP) is 2.58. The third kappa shape index (κ3) is 1.98. The molecule has 0 radical (unpaired) electrons. The van der Waals surface area contributed by atoms with Crippen LogP contribution >= 0.6 is 11.3 Å². The molecule has 18 heavy (non-hydrogen) atoms. The van der Waals surface area contributed by atoms with Crippen LogP contribution in [0.4, 0.5) is 5.13 Å². The molecule has 3 rings (SSSR count). The highest BCUT2D eigenvalue weighted by Crippen LogP contribution is 2.18. The minimum atomic E-state index is -0.166. The van der Waals surface area contributed by atoms with Crippen molar-refractivity contribution in [1.82, 2.24) is 15.0 Å². The highest BCUT2D eigenvalue weighted by atomic mass is 32.1. The van der Waals surface area contributed by atoms with Crippen molar-refractivity contribution in [1.29, 1.82) is 0 Å². The third-order valence-electron chi connectivity index (χ3n) is 2.52. The Hall–Kier alpha value is -2.21. The molecule has 0 aliphatic heterocycles. The van der Waals surface area contributed by atoms with Crippen molar-refractivity contribution in [2.75, 3.05) is 5.32 Å². The second-order valence-electron chi connectivity index (χ2n) is 3.86. The van der Waals surface area contributed by atoms with Crippen molar-refractivity contribution in [3.63, 3.8) is 0 Å². The summed E-state index contributed by atoms with van der Waals surface area (Å²) in [5.41, 5.74) is 2.27. The van der Waals surface area contributed by atoms with Gasteiger partial charge in [0, 0.05) is 16.6 Å². The van der Waals surface area contributed by atoms with E-state index in [1.807, 2.05) is 13.0 Å². The lowest BCUT2D eigenvalue weighted by atomic mass is 10.2. The number of nitrogens with one attached hydrogen (secondary N) is 2. The van der Waals surface area contributed by atoms with Gasteiger partial charge >= 0.3 is 0 Å². The molecule has 1 aromatic carbocycles. The number of carbonyl (C=O) groups excluding carboxylic acids is 1. The molecule has 0 spiro atoms. The van der Waals surface area contributed by atoms with Crippen molar-refractivity contribution in [3.8, 4) is 0 Å². The first-order valence-electron chi connectivity index (χ1n) is 5.39. The summed E-state index contributed by atoms with van der Waals surface area (Å²) in [7, 11) is 0. The van der Waals surface area contributed by atoms with Crippen LogP contribution in [0.2, 0.25) is 0 Å². The van der Waals surface area contributed by atoms with E-state index in [4.69, 9.17) is 0 Å². The van der Waals surface area contributed by atoms with E-state index in [-0.39, 0.29) is 5.91 Å². The smallest absolute Gasteiger partial charge is 0.257 e. The number of fused-ring (bicyclic) bond motifs is 1. The van der Waals surface area contributed by atoms with Crippen molar-refractivity contribution >= 4 is 33.4 Å². The number of anilines is 1. The van der Waals surface area contributed by atoms with Gasteiger partial charge in [-0.2, -0.15) is 0 Å². The van der Waals surface area contributed by atoms with Crippen molar-refractivity contribution in [2.45, 2.75) is 6.92 Å². The summed E-state index contributed by atoms with van der Waals surface area (Å²) < 4.78 is 0. The molecule has 0 fully saturated rings. The van der Waals surface area contributed by atoms with E-state index in [1.54, 1.807) is 24.7 Å². The zero-order chi connectivity index (χ0) is 12.5. The highest BCUT2D eigenvalue weighted by Gasteiger charge is 2.09. The quantitative estimate of drug-likeness (QED) is 0.742. The molecule has 0 aliphatic carbocycles. The Labute approximate surface area is 107 Å². The molecule has 2 N–H and O–H groups in total. The maximum absolute atomic E-state index is 12.0. The van der Waals surface area contributed by atoms with E-state index in [9.17, 15) is 4.79 Å². The van der Waals surface area contributed by atoms with E-state index in [2.05, 4.69) is 20.3 Å². The van der Waals surface area contributed by atoms with Crippen LogP contribution in [0.15, 0.2) is 30.7 Å². The molecular weight excluding hydrogens is 248 g/mol. The SMILES string of the molecule is Cc1cnc(NC(=O)c2ccc3nc[nH]c3c2)s1. The molecule has 3 aromatic rings. The highest BCUT2D eigenvalue weighted by molar-refractivity contribution is 7.15. The van der Waals surface area contributed by atoms with Crippen molar-refractivity contribution in [2.24, 2.45) is 0 Å². The number of aromatic amines is 1. The standard InChI is InChI=1S/C12H10N4OS/c1-7-5-13-12(18-7)16-11(17)8-2-3-9-10(4-8)15-6-14-9/h2-6H,1H3,(H,14,15)(H,13,16,17). The molecule has 90 valence electrons. The van der Waals surface area contributed by atoms with Crippen LogP contribution in [0.25, 0.3) is 11.0 Å². The van der Waals surface area contributed by atoms with Gasteiger partial charge in [-0.3, -0.25) is 10.1 Å². The zero-order valence-corrected chi connectivity index (χ0v) is 10.4. The van der Waals surface area contributed by atoms with E-state index in [0.717, 1.165) is 15.9 Å². The number of hydrogen-bond donors (Lipinski definition) is 2. The first-order chi connectivity index (χ1) is 8.72. The number of rotatable bonds is 2. The summed E-state index contributed by atoms with van der Waals surface area (Å²) >= 11 is 1.45. The minimum Gasteiger partial charge on any atom is -0.345 e. The van der Waals surface area contributed by atoms with Gasteiger partial charge in [0.1, 0.15) is 0 Å². The molecule has 0 saturated heterocycles. The fourth-order valence-electron chi connectivity index (χ4n) is 1.66. The summed E-state index contributed by atoms with van der Waals surface area (Å²) in [4.78, 5) is 24.3. The van der Waals surface area contributed by atoms with Crippen LogP contribution < -0.4 is 5.32 Å². The van der Waals surface area contributed by atoms with Gasteiger partial charge in [-0.15, -0.1) is 11.3 Å². The van der Waals surface area contributed by atoms with Gasteiger partial charge in [0.15, 0.2) is 5.13 Å². The molecule has 2 aromatic heterocycles. The topological polar surface area (TPSA) is 70.7 Å². The van der Waals surface area contributed by atoms with Crippen LogP contribution in [0.3, 0.4) is 0 Å². The van der Waals surface area contributed by atoms with E-state index >= 15 is 0 Å². The molecule has 1 amide bonds. The van der Waals surface area contributed by atoms with Gasteiger partial charge in [-0.25, -0.2) is 9.97 Å². The number of nitrogens with zero attached hydrogens (tertiary/aromatic N) is 2. The van der Waals surface area contributed by atoms with Gasteiger partial charge in [-0.1, -0.05) is 0 Å². The monoisotopic (exact) mass is 258 g/mol. The van der Waals surface area contributed by atoms with Crippen LogP contribution in [0.5, 0.6) is 0 Å². The molecule has 0 atom stereocenters. The molecule has 2 heterocycles. The van der Waals surface area contributed by atoms with Crippen LogP contribution in [-0.2, 0) is 0 Å². The predicted molar refractivity (Wildman–Crippen MR) is 70.9 cm³/mol. The van der Waals surface area contributed by atoms with Crippen molar-refractivity contribution in [3.05, 3.63) is 41.2 Å². The Balaban J connectivity index is 1.87. The maximum Gasteiger partial charge on any atom is 0.257 e. The minimum absolute atomic E-state index is 0.166. The van der Waals surface area contributed by atoms with E-state index in [1.165, 1.54) is 11.3 Å². The Bertz CT molecular complexity index is 716. The number of carbonyl (C=O) groups is 1. The molecule has 6 heteroatoms. The summed E-state index contributed by atoms with van der Waals surface area (Å²) in [5, 5.41) is 3.38. The lowest BCUT2D eigenvalue weighted by Gasteiger charge is -2.01. The number of imidazole rings is 1. The first kappa shape index (κ1) is 10.9. The van der Waals surface area contributed by atoms with Gasteiger partial charge in [-0.05, 0) is 25.1 Å². The maximum atomic E-state index is 12.0. The summed E-state index contributed by atoms with van der Waals surface area (Å²) in [6.07, 6.45) is 3.34. The lowest BCUT2D eigenvalue weighted by molar-refractivity contribution is 0.102. The van der Waals surface area contributed by atoms with Gasteiger partial charge in [0.05, 0.1) is 17.4 Å². The van der Waals surface area contributed by atoms with Crippen molar-refractivity contribution < 1.29 is 4.79 Å². The largest absolute Gasteiger partial charge is 0.345 e. The van der Waals surface area contributed by atoms with E-state index < -0.39 is 0 Å². The molecular formula is C12H10N4OS. The number of aryl methyl sites for hydroxylation is 1. The second kappa shape index (κ2) is 4.23. The van der Waals surface area contributed by atoms with Gasteiger partial charge < -0.3 is 4.98 Å². The number of H-pyrrole nitrogens is 1. The molecule has 0 bridgehead atoms.